The van der Waals surface area contributed by atoms with Crippen molar-refractivity contribution in [1.29, 1.82) is 0 Å². The van der Waals surface area contributed by atoms with E-state index in [4.69, 9.17) is 9.47 Å². The van der Waals surface area contributed by atoms with Gasteiger partial charge in [-0.15, -0.1) is 0 Å². The van der Waals surface area contributed by atoms with Crippen molar-refractivity contribution in [3.05, 3.63) is 83.9 Å². The molecule has 0 bridgehead atoms. The second kappa shape index (κ2) is 17.0. The van der Waals surface area contributed by atoms with E-state index >= 15 is 0 Å². The molecule has 9 heteroatoms. The summed E-state index contributed by atoms with van der Waals surface area (Å²) in [5.41, 5.74) is 1.07. The first kappa shape index (κ1) is 34.1. The number of esters is 1. The monoisotopic (exact) mass is 579 g/mol. The van der Waals surface area contributed by atoms with E-state index in [0.29, 0.717) is 12.8 Å². The third-order valence-electron chi connectivity index (χ3n) is 6.01. The molecule has 2 aromatic rings. The van der Waals surface area contributed by atoms with Crippen LogP contribution in [0.15, 0.2) is 72.8 Å². The number of hydrogen-bond acceptors (Lipinski definition) is 6. The van der Waals surface area contributed by atoms with Crippen molar-refractivity contribution in [3.8, 4) is 0 Å². The molecule has 3 amide bonds. The van der Waals surface area contributed by atoms with Crippen molar-refractivity contribution in [1.82, 2.24) is 16.0 Å². The maximum atomic E-state index is 13.7. The lowest BCUT2D eigenvalue weighted by atomic mass is 10.0. The Morgan fingerprint density at radius 1 is 0.786 bits per heavy atom. The quantitative estimate of drug-likeness (QED) is 0.224. The second-order valence-corrected chi connectivity index (χ2v) is 11.5. The SMILES string of the molecule is CCOC(=O)/C=C/[C@H](Cc1ccccc1)NC(=O)[C@H](Cc1ccccc1)NC(=O)[C@H](CC(C)C)NC(=O)OC(C)(C)C. The Morgan fingerprint density at radius 3 is 1.86 bits per heavy atom. The highest BCUT2D eigenvalue weighted by Crippen LogP contribution is 2.12. The highest BCUT2D eigenvalue weighted by molar-refractivity contribution is 5.91. The molecule has 0 saturated carbocycles. The summed E-state index contributed by atoms with van der Waals surface area (Å²) in [6, 6.07) is 16.5. The number of alkyl carbamates (subject to hydrolysis) is 1. The van der Waals surface area contributed by atoms with E-state index in [-0.39, 0.29) is 18.9 Å². The summed E-state index contributed by atoms with van der Waals surface area (Å²) in [5, 5.41) is 8.50. The van der Waals surface area contributed by atoms with E-state index in [9.17, 15) is 19.2 Å². The van der Waals surface area contributed by atoms with Gasteiger partial charge >= 0.3 is 12.1 Å². The molecule has 3 atom stereocenters. The highest BCUT2D eigenvalue weighted by Gasteiger charge is 2.30. The zero-order valence-electron chi connectivity index (χ0n) is 25.5. The Kier molecular flexibility index (Phi) is 13.8. The highest BCUT2D eigenvalue weighted by atomic mass is 16.6. The summed E-state index contributed by atoms with van der Waals surface area (Å²) in [5.74, 6) is -1.35. The predicted molar refractivity (Wildman–Crippen MR) is 163 cm³/mol. The Morgan fingerprint density at radius 2 is 1.33 bits per heavy atom. The number of amides is 3. The lowest BCUT2D eigenvalue weighted by molar-refractivity contribution is -0.137. The summed E-state index contributed by atoms with van der Waals surface area (Å²) in [4.78, 5) is 51.8. The van der Waals surface area contributed by atoms with Crippen LogP contribution < -0.4 is 16.0 Å². The van der Waals surface area contributed by atoms with Crippen molar-refractivity contribution < 1.29 is 28.7 Å². The van der Waals surface area contributed by atoms with E-state index in [1.807, 2.05) is 74.5 Å². The van der Waals surface area contributed by atoms with Crippen molar-refractivity contribution >= 4 is 23.9 Å². The normalized spacial score (nSPS) is 13.6. The predicted octanol–water partition coefficient (Wildman–Crippen LogP) is 4.50. The average molecular weight is 580 g/mol. The molecule has 0 aromatic heterocycles. The minimum absolute atomic E-state index is 0.0837. The average Bonchev–Trinajstić information content (AvgIpc) is 2.91. The zero-order valence-corrected chi connectivity index (χ0v) is 25.5. The van der Waals surface area contributed by atoms with Crippen LogP contribution in [0.4, 0.5) is 4.79 Å². The molecule has 0 heterocycles. The van der Waals surface area contributed by atoms with E-state index in [1.54, 1.807) is 33.8 Å². The molecule has 0 aliphatic heterocycles. The number of carbonyl (C=O) groups excluding carboxylic acids is 4. The molecule has 42 heavy (non-hydrogen) atoms. The molecule has 2 rings (SSSR count). The lowest BCUT2D eigenvalue weighted by Gasteiger charge is -2.27. The summed E-state index contributed by atoms with van der Waals surface area (Å²) in [6.07, 6.45) is 3.17. The molecular formula is C33H45N3O6. The number of benzene rings is 2. The number of nitrogens with one attached hydrogen (secondary N) is 3. The van der Waals surface area contributed by atoms with Crippen molar-refractivity contribution in [2.45, 2.75) is 84.5 Å². The molecule has 0 saturated heterocycles. The smallest absolute Gasteiger partial charge is 0.408 e. The van der Waals surface area contributed by atoms with Gasteiger partial charge in [0.1, 0.15) is 17.7 Å². The Bertz CT molecular complexity index is 1180. The molecule has 0 aliphatic carbocycles. The molecule has 228 valence electrons. The first-order valence-corrected chi connectivity index (χ1v) is 14.4. The van der Waals surface area contributed by atoms with Crippen LogP contribution in [0.2, 0.25) is 0 Å². The molecule has 3 N–H and O–H groups in total. The van der Waals surface area contributed by atoms with Gasteiger partial charge in [-0.05, 0) is 57.6 Å². The first-order chi connectivity index (χ1) is 19.9. The van der Waals surface area contributed by atoms with Crippen LogP contribution >= 0.6 is 0 Å². The second-order valence-electron chi connectivity index (χ2n) is 11.5. The largest absolute Gasteiger partial charge is 0.463 e. The van der Waals surface area contributed by atoms with Crippen LogP contribution in [-0.2, 0) is 36.7 Å². The summed E-state index contributed by atoms with van der Waals surface area (Å²) >= 11 is 0. The van der Waals surface area contributed by atoms with Crippen molar-refractivity contribution in [3.63, 3.8) is 0 Å². The zero-order chi connectivity index (χ0) is 31.1. The number of carbonyl (C=O) groups is 4. The van der Waals surface area contributed by atoms with E-state index < -0.39 is 47.6 Å². The van der Waals surface area contributed by atoms with Crippen LogP contribution in [0, 0.1) is 5.92 Å². The fraction of sp³-hybridized carbons (Fsp3) is 0.455. The van der Waals surface area contributed by atoms with Crippen LogP contribution in [0.5, 0.6) is 0 Å². The Hall–Kier alpha value is -4.14. The van der Waals surface area contributed by atoms with E-state index in [0.717, 1.165) is 11.1 Å². The maximum Gasteiger partial charge on any atom is 0.408 e. The molecule has 0 unspecified atom stereocenters. The number of rotatable bonds is 14. The fourth-order valence-electron chi connectivity index (χ4n) is 4.19. The van der Waals surface area contributed by atoms with Gasteiger partial charge in [0.05, 0.1) is 12.6 Å². The van der Waals surface area contributed by atoms with Crippen LogP contribution in [0.1, 0.15) is 59.1 Å². The summed E-state index contributed by atoms with van der Waals surface area (Å²) < 4.78 is 10.4. The summed E-state index contributed by atoms with van der Waals surface area (Å²) in [7, 11) is 0. The van der Waals surface area contributed by atoms with Gasteiger partial charge < -0.3 is 25.4 Å². The molecule has 0 fully saturated rings. The lowest BCUT2D eigenvalue weighted by Crippen LogP contribution is -2.56. The number of ether oxygens (including phenoxy) is 2. The van der Waals surface area contributed by atoms with Crippen LogP contribution in [0.3, 0.4) is 0 Å². The van der Waals surface area contributed by atoms with E-state index in [1.165, 1.54) is 6.08 Å². The van der Waals surface area contributed by atoms with Crippen LogP contribution in [0.25, 0.3) is 0 Å². The number of hydrogen-bond donors (Lipinski definition) is 3. The topological polar surface area (TPSA) is 123 Å². The third-order valence-corrected chi connectivity index (χ3v) is 6.01. The molecule has 2 aromatic carbocycles. The van der Waals surface area contributed by atoms with Gasteiger partial charge in [-0.1, -0.05) is 80.6 Å². The first-order valence-electron chi connectivity index (χ1n) is 14.4. The van der Waals surface area contributed by atoms with Gasteiger partial charge in [0.25, 0.3) is 0 Å². The minimum atomic E-state index is -0.954. The standard InChI is InChI=1S/C33H45N3O6/c1-7-41-29(37)19-18-26(21-24-14-10-8-11-15-24)34-30(38)28(22-25-16-12-9-13-17-25)35-31(39)27(20-23(2)3)36-32(40)42-33(4,5)6/h8-19,23,26-28H,7,20-22H2,1-6H3,(H,34,38)(H,35,39)(H,36,40)/b19-18+/t26-,27+,28+/m1/s1. The molecule has 0 spiro atoms. The Labute approximate surface area is 249 Å². The van der Waals surface area contributed by atoms with Gasteiger partial charge in [-0.25, -0.2) is 9.59 Å². The van der Waals surface area contributed by atoms with Crippen molar-refractivity contribution in [2.75, 3.05) is 6.61 Å². The minimum Gasteiger partial charge on any atom is -0.463 e. The molecule has 0 aliphatic rings. The van der Waals surface area contributed by atoms with E-state index in [2.05, 4.69) is 16.0 Å². The molecule has 9 nitrogen and oxygen atoms in total. The van der Waals surface area contributed by atoms with Gasteiger partial charge in [0, 0.05) is 12.5 Å². The Balaban J connectivity index is 2.30. The fourth-order valence-corrected chi connectivity index (χ4v) is 4.19. The van der Waals surface area contributed by atoms with Gasteiger partial charge in [-0.3, -0.25) is 9.59 Å². The van der Waals surface area contributed by atoms with Crippen molar-refractivity contribution in [2.24, 2.45) is 5.92 Å². The third kappa shape index (κ3) is 13.5. The van der Waals surface area contributed by atoms with Crippen LogP contribution in [-0.4, -0.2) is 54.2 Å². The van der Waals surface area contributed by atoms with Gasteiger partial charge in [-0.2, -0.15) is 0 Å². The molecule has 0 radical (unpaired) electrons. The molecular weight excluding hydrogens is 534 g/mol. The van der Waals surface area contributed by atoms with Gasteiger partial charge in [0.15, 0.2) is 0 Å². The summed E-state index contributed by atoms with van der Waals surface area (Å²) in [6.45, 7) is 11.1. The van der Waals surface area contributed by atoms with Gasteiger partial charge in [0.2, 0.25) is 11.8 Å². The maximum absolute atomic E-state index is 13.7.